The monoisotopic (exact) mass is 434 g/mol. The molecule has 1 aliphatic carbocycles. The summed E-state index contributed by atoms with van der Waals surface area (Å²) in [5, 5.41) is 4.21. The van der Waals surface area contributed by atoms with Gasteiger partial charge in [0, 0.05) is 49.9 Å². The Hall–Kier alpha value is -2.04. The molecule has 10 heteroatoms. The minimum atomic E-state index is -3.39. The lowest BCUT2D eigenvalue weighted by molar-refractivity contribution is 0.326. The Morgan fingerprint density at radius 3 is 2.40 bits per heavy atom. The fraction of sp³-hybridized carbons (Fsp3) is 0.650. The van der Waals surface area contributed by atoms with E-state index < -0.39 is 10.2 Å². The van der Waals surface area contributed by atoms with Crippen LogP contribution >= 0.6 is 0 Å². The first-order chi connectivity index (χ1) is 14.5. The molecule has 0 unspecified atom stereocenters. The molecule has 0 radical (unpaired) electrons. The van der Waals surface area contributed by atoms with E-state index >= 15 is 0 Å². The maximum atomic E-state index is 12.7. The molecule has 2 aromatic rings. The zero-order valence-corrected chi connectivity index (χ0v) is 18.2. The first-order valence-corrected chi connectivity index (χ1v) is 12.3. The van der Waals surface area contributed by atoms with E-state index in [-0.39, 0.29) is 17.6 Å². The quantitative estimate of drug-likeness (QED) is 0.697. The van der Waals surface area contributed by atoms with Crippen LogP contribution < -0.4 is 15.6 Å². The van der Waals surface area contributed by atoms with Crippen molar-refractivity contribution in [3.8, 4) is 0 Å². The molecule has 3 heterocycles. The summed E-state index contributed by atoms with van der Waals surface area (Å²) in [6.45, 7) is 0.891. The zero-order chi connectivity index (χ0) is 21.1. The van der Waals surface area contributed by atoms with Crippen molar-refractivity contribution >= 4 is 27.2 Å². The number of piperidine rings is 1. The van der Waals surface area contributed by atoms with E-state index in [0.717, 1.165) is 31.1 Å². The molecule has 0 aromatic carbocycles. The van der Waals surface area contributed by atoms with Crippen LogP contribution in [0.2, 0.25) is 0 Å². The Bertz CT molecular complexity index is 1040. The van der Waals surface area contributed by atoms with Crippen molar-refractivity contribution in [3.05, 3.63) is 28.7 Å². The highest BCUT2D eigenvalue weighted by Crippen LogP contribution is 2.28. The first kappa shape index (κ1) is 21.2. The van der Waals surface area contributed by atoms with Crippen LogP contribution in [0.1, 0.15) is 57.4 Å². The molecule has 1 saturated carbocycles. The van der Waals surface area contributed by atoms with Crippen molar-refractivity contribution < 1.29 is 8.42 Å². The standard InChI is InChI=1S/C20H30N6O3S/c1-21-30(28,29)25-12-10-16(11-13-25)23-20-22-14-15-8-9-18(27)26(19(15)24-20)17-6-4-2-3-5-7-17/h8-9,14,16-17,21H,2-7,10-13H2,1H3,(H,22,23,24). The van der Waals surface area contributed by atoms with Gasteiger partial charge >= 0.3 is 0 Å². The van der Waals surface area contributed by atoms with Gasteiger partial charge in [0.15, 0.2) is 0 Å². The molecule has 2 aromatic heterocycles. The summed E-state index contributed by atoms with van der Waals surface area (Å²) in [5.41, 5.74) is 0.673. The molecule has 1 saturated heterocycles. The molecule has 0 atom stereocenters. The minimum Gasteiger partial charge on any atom is -0.351 e. The average molecular weight is 435 g/mol. The van der Waals surface area contributed by atoms with Crippen molar-refractivity contribution in [1.82, 2.24) is 23.6 Å². The Morgan fingerprint density at radius 2 is 1.73 bits per heavy atom. The van der Waals surface area contributed by atoms with E-state index in [4.69, 9.17) is 4.98 Å². The van der Waals surface area contributed by atoms with Gasteiger partial charge in [-0.2, -0.15) is 17.7 Å². The van der Waals surface area contributed by atoms with Gasteiger partial charge in [0.25, 0.3) is 15.8 Å². The lowest BCUT2D eigenvalue weighted by Gasteiger charge is -2.31. The summed E-state index contributed by atoms with van der Waals surface area (Å²) < 4.78 is 29.6. The van der Waals surface area contributed by atoms with Crippen molar-refractivity contribution in [2.75, 3.05) is 25.5 Å². The van der Waals surface area contributed by atoms with Gasteiger partial charge in [-0.15, -0.1) is 0 Å². The number of nitrogens with one attached hydrogen (secondary N) is 2. The summed E-state index contributed by atoms with van der Waals surface area (Å²) in [4.78, 5) is 21.9. The predicted molar refractivity (Wildman–Crippen MR) is 117 cm³/mol. The van der Waals surface area contributed by atoms with E-state index in [0.29, 0.717) is 37.5 Å². The molecule has 2 aliphatic rings. The molecular weight excluding hydrogens is 404 g/mol. The molecule has 0 spiro atoms. The molecule has 2 fully saturated rings. The second kappa shape index (κ2) is 8.99. The number of aromatic nitrogens is 3. The maximum absolute atomic E-state index is 12.7. The van der Waals surface area contributed by atoms with Gasteiger partial charge < -0.3 is 5.32 Å². The van der Waals surface area contributed by atoms with Crippen molar-refractivity contribution in [1.29, 1.82) is 0 Å². The van der Waals surface area contributed by atoms with E-state index in [9.17, 15) is 13.2 Å². The largest absolute Gasteiger partial charge is 0.351 e. The Labute approximate surface area is 177 Å². The topological polar surface area (TPSA) is 109 Å². The highest BCUT2D eigenvalue weighted by Gasteiger charge is 2.27. The third-order valence-corrected chi connectivity index (χ3v) is 7.80. The van der Waals surface area contributed by atoms with Crippen LogP contribution in [0.15, 0.2) is 23.1 Å². The third-order valence-electron chi connectivity index (χ3n) is 6.24. The summed E-state index contributed by atoms with van der Waals surface area (Å²) in [6, 6.07) is 3.67. The summed E-state index contributed by atoms with van der Waals surface area (Å²) >= 11 is 0. The number of hydrogen-bond donors (Lipinski definition) is 2. The summed E-state index contributed by atoms with van der Waals surface area (Å²) in [5.74, 6) is 0.491. The number of rotatable bonds is 5. The highest BCUT2D eigenvalue weighted by molar-refractivity contribution is 7.87. The zero-order valence-electron chi connectivity index (χ0n) is 17.4. The second-order valence-electron chi connectivity index (χ2n) is 8.19. The number of fused-ring (bicyclic) bond motifs is 1. The van der Waals surface area contributed by atoms with Gasteiger partial charge in [0.2, 0.25) is 5.95 Å². The SMILES string of the molecule is CNS(=O)(=O)N1CCC(Nc2ncc3ccc(=O)n(C4CCCCCC4)c3n2)CC1. The van der Waals surface area contributed by atoms with Gasteiger partial charge in [-0.25, -0.2) is 9.71 Å². The fourth-order valence-electron chi connectivity index (χ4n) is 4.53. The maximum Gasteiger partial charge on any atom is 0.279 e. The smallest absolute Gasteiger partial charge is 0.279 e. The minimum absolute atomic E-state index is 0.00960. The molecule has 9 nitrogen and oxygen atoms in total. The van der Waals surface area contributed by atoms with Crippen LogP contribution in [0, 0.1) is 0 Å². The van der Waals surface area contributed by atoms with Crippen LogP contribution in [-0.4, -0.2) is 53.4 Å². The fourth-order valence-corrected chi connectivity index (χ4v) is 5.48. The van der Waals surface area contributed by atoms with Crippen molar-refractivity contribution in [3.63, 3.8) is 0 Å². The molecule has 30 heavy (non-hydrogen) atoms. The number of nitrogens with zero attached hydrogens (tertiary/aromatic N) is 4. The van der Waals surface area contributed by atoms with Gasteiger partial charge in [-0.3, -0.25) is 9.36 Å². The first-order valence-electron chi connectivity index (χ1n) is 10.8. The van der Waals surface area contributed by atoms with Gasteiger partial charge in [0.05, 0.1) is 0 Å². The Kier molecular flexibility index (Phi) is 6.35. The lowest BCUT2D eigenvalue weighted by atomic mass is 10.1. The van der Waals surface area contributed by atoms with Crippen molar-refractivity contribution in [2.24, 2.45) is 0 Å². The van der Waals surface area contributed by atoms with Crippen molar-refractivity contribution in [2.45, 2.75) is 63.5 Å². The van der Waals surface area contributed by atoms with E-state index in [1.165, 1.54) is 24.2 Å². The van der Waals surface area contributed by atoms with Gasteiger partial charge in [-0.05, 0) is 31.7 Å². The number of anilines is 1. The molecule has 1 aliphatic heterocycles. The van der Waals surface area contributed by atoms with Gasteiger partial charge in [-0.1, -0.05) is 25.7 Å². The Morgan fingerprint density at radius 1 is 1.03 bits per heavy atom. The van der Waals surface area contributed by atoms with Crippen LogP contribution in [0.3, 0.4) is 0 Å². The molecule has 0 amide bonds. The molecule has 164 valence electrons. The summed E-state index contributed by atoms with van der Waals surface area (Å²) in [6.07, 6.45) is 9.83. The lowest BCUT2D eigenvalue weighted by Crippen LogP contribution is -2.46. The number of hydrogen-bond acceptors (Lipinski definition) is 6. The van der Waals surface area contributed by atoms with Crippen LogP contribution in [0.4, 0.5) is 5.95 Å². The molecular formula is C20H30N6O3S. The van der Waals surface area contributed by atoms with Crippen LogP contribution in [-0.2, 0) is 10.2 Å². The Balaban J connectivity index is 1.55. The summed E-state index contributed by atoms with van der Waals surface area (Å²) in [7, 11) is -1.96. The highest BCUT2D eigenvalue weighted by atomic mass is 32.2. The van der Waals surface area contributed by atoms with Gasteiger partial charge in [0.1, 0.15) is 5.65 Å². The van der Waals surface area contributed by atoms with Crippen LogP contribution in [0.5, 0.6) is 0 Å². The van der Waals surface area contributed by atoms with E-state index in [2.05, 4.69) is 15.0 Å². The van der Waals surface area contributed by atoms with Crippen LogP contribution in [0.25, 0.3) is 11.0 Å². The third kappa shape index (κ3) is 4.50. The normalized spacial score (nSPS) is 20.3. The molecule has 0 bridgehead atoms. The van der Waals surface area contributed by atoms with E-state index in [1.807, 2.05) is 4.57 Å². The second-order valence-corrected chi connectivity index (χ2v) is 10.1. The molecule has 4 rings (SSSR count). The predicted octanol–water partition coefficient (Wildman–Crippen LogP) is 2.03. The number of pyridine rings is 1. The average Bonchev–Trinajstić information content (AvgIpc) is 3.03. The molecule has 2 N–H and O–H groups in total. The van der Waals surface area contributed by atoms with E-state index in [1.54, 1.807) is 18.3 Å².